The summed E-state index contributed by atoms with van der Waals surface area (Å²) in [6, 6.07) is 10.5. The van der Waals surface area contributed by atoms with E-state index < -0.39 is 11.9 Å². The van der Waals surface area contributed by atoms with E-state index in [0.717, 1.165) is 5.56 Å². The molecular weight excluding hydrogens is 348 g/mol. The highest BCUT2D eigenvalue weighted by Crippen LogP contribution is 2.40. The molecule has 0 fully saturated rings. The molecule has 142 valence electrons. The number of rotatable bonds is 6. The zero-order chi connectivity index (χ0) is 20.0. The molecule has 0 radical (unpaired) electrons. The molecule has 0 atom stereocenters. The zero-order valence-corrected chi connectivity index (χ0v) is 15.5. The normalized spacial score (nSPS) is 10.2. The third-order valence-electron chi connectivity index (χ3n) is 4.24. The smallest absolute Gasteiger partial charge is 0.344 e. The SMILES string of the molecule is CCc1c(O)cc(O)c(-c2ccccc2)c1CC=C(C(=O)OC)C(=O)OC. The first-order valence-corrected chi connectivity index (χ1v) is 8.43. The van der Waals surface area contributed by atoms with Gasteiger partial charge >= 0.3 is 11.9 Å². The third kappa shape index (κ3) is 4.28. The summed E-state index contributed by atoms with van der Waals surface area (Å²) in [5.41, 5.74) is 2.29. The molecule has 0 spiro atoms. The van der Waals surface area contributed by atoms with Gasteiger partial charge in [-0.05, 0) is 29.5 Å². The van der Waals surface area contributed by atoms with Crippen molar-refractivity contribution in [3.8, 4) is 22.6 Å². The number of hydrogen-bond donors (Lipinski definition) is 2. The molecule has 0 heterocycles. The molecule has 27 heavy (non-hydrogen) atoms. The summed E-state index contributed by atoms with van der Waals surface area (Å²) in [6.07, 6.45) is 2.01. The lowest BCUT2D eigenvalue weighted by Crippen LogP contribution is -2.16. The van der Waals surface area contributed by atoms with Crippen LogP contribution in [0.5, 0.6) is 11.5 Å². The number of allylic oxidation sites excluding steroid dienone is 1. The number of ether oxygens (including phenoxy) is 2. The third-order valence-corrected chi connectivity index (χ3v) is 4.24. The average Bonchev–Trinajstić information content (AvgIpc) is 2.68. The topological polar surface area (TPSA) is 93.1 Å². The standard InChI is InChI=1S/C21H22O6/c1-4-14-15(10-11-16(20(24)26-2)21(25)27-3)19(18(23)12-17(14)22)13-8-6-5-7-9-13/h5-9,11-12,22-23H,4,10H2,1-3H3. The Morgan fingerprint density at radius 1 is 0.963 bits per heavy atom. The van der Waals surface area contributed by atoms with Crippen LogP contribution in [0.15, 0.2) is 48.0 Å². The number of carbonyl (C=O) groups excluding carboxylic acids is 2. The van der Waals surface area contributed by atoms with Crippen LogP contribution in [0.3, 0.4) is 0 Å². The molecule has 0 bridgehead atoms. The fourth-order valence-electron chi connectivity index (χ4n) is 2.97. The van der Waals surface area contributed by atoms with Crippen LogP contribution in [0.4, 0.5) is 0 Å². The second kappa shape index (κ2) is 8.89. The molecule has 0 saturated carbocycles. The molecule has 2 rings (SSSR count). The van der Waals surface area contributed by atoms with Crippen molar-refractivity contribution >= 4 is 11.9 Å². The van der Waals surface area contributed by atoms with Gasteiger partial charge in [0.1, 0.15) is 17.1 Å². The van der Waals surface area contributed by atoms with Gasteiger partial charge in [-0.15, -0.1) is 0 Å². The van der Waals surface area contributed by atoms with Crippen molar-refractivity contribution in [2.24, 2.45) is 0 Å². The second-order valence-electron chi connectivity index (χ2n) is 5.77. The number of phenols is 2. The van der Waals surface area contributed by atoms with Crippen molar-refractivity contribution in [3.05, 3.63) is 59.2 Å². The van der Waals surface area contributed by atoms with Crippen LogP contribution in [-0.2, 0) is 31.9 Å². The Balaban J connectivity index is 2.65. The summed E-state index contributed by atoms with van der Waals surface area (Å²) in [5.74, 6) is -1.76. The van der Waals surface area contributed by atoms with E-state index in [9.17, 15) is 19.8 Å². The maximum absolute atomic E-state index is 11.9. The van der Waals surface area contributed by atoms with Crippen molar-refractivity contribution < 1.29 is 29.3 Å². The minimum absolute atomic E-state index is 0.0456. The average molecular weight is 370 g/mol. The first-order chi connectivity index (χ1) is 12.9. The minimum atomic E-state index is -0.814. The summed E-state index contributed by atoms with van der Waals surface area (Å²) in [6.45, 7) is 1.87. The molecule has 0 aliphatic heterocycles. The summed E-state index contributed by atoms with van der Waals surface area (Å²) in [7, 11) is 2.35. The van der Waals surface area contributed by atoms with Crippen LogP contribution in [0.2, 0.25) is 0 Å². The zero-order valence-electron chi connectivity index (χ0n) is 15.5. The molecule has 0 aromatic heterocycles. The molecule has 0 aliphatic carbocycles. The first kappa shape index (κ1) is 20.0. The van der Waals surface area contributed by atoms with E-state index in [1.54, 1.807) is 0 Å². The van der Waals surface area contributed by atoms with Crippen LogP contribution >= 0.6 is 0 Å². The molecule has 2 aromatic carbocycles. The molecule has 6 heteroatoms. The molecule has 6 nitrogen and oxygen atoms in total. The van der Waals surface area contributed by atoms with E-state index in [2.05, 4.69) is 9.47 Å². The van der Waals surface area contributed by atoms with E-state index in [0.29, 0.717) is 23.1 Å². The fourth-order valence-corrected chi connectivity index (χ4v) is 2.97. The highest BCUT2D eigenvalue weighted by molar-refractivity contribution is 6.14. The van der Waals surface area contributed by atoms with Gasteiger partial charge in [-0.25, -0.2) is 9.59 Å². The van der Waals surface area contributed by atoms with Crippen LogP contribution in [0.1, 0.15) is 18.1 Å². The van der Waals surface area contributed by atoms with Gasteiger partial charge in [0, 0.05) is 11.6 Å². The Labute approximate surface area is 157 Å². The minimum Gasteiger partial charge on any atom is -0.508 e. The van der Waals surface area contributed by atoms with Crippen molar-refractivity contribution in [3.63, 3.8) is 0 Å². The molecule has 2 N–H and O–H groups in total. The monoisotopic (exact) mass is 370 g/mol. The van der Waals surface area contributed by atoms with Gasteiger partial charge in [0.05, 0.1) is 14.2 Å². The summed E-state index contributed by atoms with van der Waals surface area (Å²) < 4.78 is 9.27. The Morgan fingerprint density at radius 2 is 1.56 bits per heavy atom. The molecule has 0 saturated heterocycles. The maximum Gasteiger partial charge on any atom is 0.344 e. The molecule has 0 amide bonds. The highest BCUT2D eigenvalue weighted by Gasteiger charge is 2.22. The highest BCUT2D eigenvalue weighted by atomic mass is 16.5. The predicted octanol–water partition coefficient (Wildman–Crippen LogP) is 3.14. The lowest BCUT2D eigenvalue weighted by Gasteiger charge is -2.17. The van der Waals surface area contributed by atoms with E-state index in [1.165, 1.54) is 26.4 Å². The van der Waals surface area contributed by atoms with Crippen molar-refractivity contribution in [1.82, 2.24) is 0 Å². The molecule has 0 unspecified atom stereocenters. The quantitative estimate of drug-likeness (QED) is 0.351. The van der Waals surface area contributed by atoms with Gasteiger partial charge in [0.25, 0.3) is 0 Å². The molecule has 0 aliphatic rings. The Hall–Kier alpha value is -3.28. The van der Waals surface area contributed by atoms with Crippen LogP contribution in [-0.4, -0.2) is 36.4 Å². The van der Waals surface area contributed by atoms with Gasteiger partial charge < -0.3 is 19.7 Å². The van der Waals surface area contributed by atoms with Gasteiger partial charge in [-0.3, -0.25) is 0 Å². The van der Waals surface area contributed by atoms with Crippen LogP contribution < -0.4 is 0 Å². The number of hydrogen-bond acceptors (Lipinski definition) is 6. The number of esters is 2. The largest absolute Gasteiger partial charge is 0.508 e. The number of methoxy groups -OCH3 is 2. The van der Waals surface area contributed by atoms with Crippen molar-refractivity contribution in [1.29, 1.82) is 0 Å². The van der Waals surface area contributed by atoms with E-state index in [1.807, 2.05) is 37.3 Å². The summed E-state index contributed by atoms with van der Waals surface area (Å²) >= 11 is 0. The van der Waals surface area contributed by atoms with Gasteiger partial charge in [-0.1, -0.05) is 43.3 Å². The number of aromatic hydroxyl groups is 2. The first-order valence-electron chi connectivity index (χ1n) is 8.43. The second-order valence-corrected chi connectivity index (χ2v) is 5.77. The van der Waals surface area contributed by atoms with E-state index >= 15 is 0 Å². The van der Waals surface area contributed by atoms with Gasteiger partial charge in [0.15, 0.2) is 0 Å². The maximum atomic E-state index is 11.9. The summed E-state index contributed by atoms with van der Waals surface area (Å²) in [5, 5.41) is 20.7. The van der Waals surface area contributed by atoms with Crippen molar-refractivity contribution in [2.45, 2.75) is 19.8 Å². The predicted molar refractivity (Wildman–Crippen MR) is 100 cm³/mol. The van der Waals surface area contributed by atoms with Gasteiger partial charge in [0.2, 0.25) is 0 Å². The lowest BCUT2D eigenvalue weighted by atomic mass is 9.90. The van der Waals surface area contributed by atoms with Crippen LogP contribution in [0.25, 0.3) is 11.1 Å². The number of benzene rings is 2. The lowest BCUT2D eigenvalue weighted by molar-refractivity contribution is -0.144. The summed E-state index contributed by atoms with van der Waals surface area (Å²) in [4.78, 5) is 23.8. The van der Waals surface area contributed by atoms with E-state index in [-0.39, 0.29) is 23.5 Å². The molecule has 2 aromatic rings. The molecular formula is C21H22O6. The Morgan fingerprint density at radius 3 is 2.07 bits per heavy atom. The fraction of sp³-hybridized carbons (Fsp3) is 0.238. The number of phenolic OH excluding ortho intramolecular Hbond substituents is 2. The van der Waals surface area contributed by atoms with Gasteiger partial charge in [-0.2, -0.15) is 0 Å². The van der Waals surface area contributed by atoms with Crippen LogP contribution in [0, 0.1) is 0 Å². The number of carbonyl (C=O) groups is 2. The van der Waals surface area contributed by atoms with E-state index in [4.69, 9.17) is 0 Å². The van der Waals surface area contributed by atoms with Crippen molar-refractivity contribution in [2.75, 3.05) is 14.2 Å². The Kier molecular flexibility index (Phi) is 6.60. The Bertz CT molecular complexity index is 850.